The Labute approximate surface area is 141 Å². The minimum Gasteiger partial charge on any atom is -0.478 e. The number of halogens is 3. The topological polar surface area (TPSA) is 37.3 Å². The highest BCUT2D eigenvalue weighted by Gasteiger charge is 2.07. The van der Waals surface area contributed by atoms with Crippen molar-refractivity contribution in [1.82, 2.24) is 0 Å². The summed E-state index contributed by atoms with van der Waals surface area (Å²) in [5.74, 6) is -1.00. The lowest BCUT2D eigenvalue weighted by Crippen LogP contribution is -1.86. The van der Waals surface area contributed by atoms with Crippen molar-refractivity contribution in [1.29, 1.82) is 0 Å². The lowest BCUT2D eigenvalue weighted by atomic mass is 10.2. The maximum absolute atomic E-state index is 10.5. The van der Waals surface area contributed by atoms with Crippen molar-refractivity contribution >= 4 is 58.6 Å². The Morgan fingerprint density at radius 1 is 1.00 bits per heavy atom. The van der Waals surface area contributed by atoms with Gasteiger partial charge in [-0.25, -0.2) is 4.79 Å². The molecule has 0 aromatic heterocycles. The summed E-state index contributed by atoms with van der Waals surface area (Å²) in [7, 11) is 0. The van der Waals surface area contributed by atoms with E-state index in [0.717, 1.165) is 15.9 Å². The molecule has 0 amide bonds. The van der Waals surface area contributed by atoms with Gasteiger partial charge in [-0.1, -0.05) is 52.6 Å². The van der Waals surface area contributed by atoms with Gasteiger partial charge in [-0.15, -0.1) is 0 Å². The van der Waals surface area contributed by atoms with Gasteiger partial charge in [-0.3, -0.25) is 0 Å². The second-order valence-corrected chi connectivity index (χ2v) is 6.37. The summed E-state index contributed by atoms with van der Waals surface area (Å²) >= 11 is 19.6. The van der Waals surface area contributed by atoms with Crippen LogP contribution in [0.1, 0.15) is 5.56 Å². The molecular weight excluding hydrogens is 351 g/mol. The van der Waals surface area contributed by atoms with Crippen LogP contribution in [0.3, 0.4) is 0 Å². The van der Waals surface area contributed by atoms with E-state index in [0.29, 0.717) is 20.6 Å². The lowest BCUT2D eigenvalue weighted by Gasteiger charge is -2.07. The Balaban J connectivity index is 2.23. The van der Waals surface area contributed by atoms with Crippen LogP contribution in [0.5, 0.6) is 0 Å². The van der Waals surface area contributed by atoms with Crippen molar-refractivity contribution in [3.63, 3.8) is 0 Å². The number of aliphatic carboxylic acids is 1. The van der Waals surface area contributed by atoms with Crippen molar-refractivity contribution in [3.8, 4) is 0 Å². The quantitative estimate of drug-likeness (QED) is 0.691. The Morgan fingerprint density at radius 3 is 2.19 bits per heavy atom. The predicted octanol–water partition coefficient (Wildman–Crippen LogP) is 5.90. The largest absolute Gasteiger partial charge is 0.478 e. The monoisotopic (exact) mass is 358 g/mol. The molecule has 0 fully saturated rings. The third-order valence-corrected chi connectivity index (χ3v) is 4.72. The first-order chi connectivity index (χ1) is 9.95. The molecular formula is C15H9Cl3O2S. The average molecular weight is 360 g/mol. The van der Waals surface area contributed by atoms with E-state index < -0.39 is 5.97 Å². The van der Waals surface area contributed by atoms with Gasteiger partial charge in [0, 0.05) is 20.9 Å². The van der Waals surface area contributed by atoms with E-state index in [2.05, 4.69) is 0 Å². The maximum atomic E-state index is 10.5. The maximum Gasteiger partial charge on any atom is 0.328 e. The zero-order chi connectivity index (χ0) is 15.4. The molecule has 21 heavy (non-hydrogen) atoms. The van der Waals surface area contributed by atoms with Gasteiger partial charge < -0.3 is 5.11 Å². The van der Waals surface area contributed by atoms with E-state index >= 15 is 0 Å². The van der Waals surface area contributed by atoms with Gasteiger partial charge >= 0.3 is 5.97 Å². The molecule has 2 nitrogen and oxygen atoms in total. The number of carbonyl (C=O) groups is 1. The van der Waals surface area contributed by atoms with Crippen LogP contribution < -0.4 is 0 Å². The second kappa shape index (κ2) is 7.23. The molecule has 0 aliphatic heterocycles. The molecule has 0 aliphatic rings. The highest BCUT2D eigenvalue weighted by atomic mass is 35.5. The molecule has 0 unspecified atom stereocenters. The molecule has 0 saturated heterocycles. The van der Waals surface area contributed by atoms with Crippen molar-refractivity contribution in [3.05, 3.63) is 63.1 Å². The molecule has 0 bridgehead atoms. The van der Waals surface area contributed by atoms with Crippen molar-refractivity contribution in [2.75, 3.05) is 0 Å². The Morgan fingerprint density at radius 2 is 1.62 bits per heavy atom. The van der Waals surface area contributed by atoms with Crippen LogP contribution in [0.25, 0.3) is 6.08 Å². The summed E-state index contributed by atoms with van der Waals surface area (Å²) in [5.41, 5.74) is 0.717. The standard InChI is InChI=1S/C15H9Cl3O2S/c16-10-3-5-14(12(18)8-10)21-13-4-1-9(7-11(13)17)2-6-15(19)20/h1-8H,(H,19,20)/b6-2+. The molecule has 108 valence electrons. The van der Waals surface area contributed by atoms with Crippen LogP contribution >= 0.6 is 46.6 Å². The van der Waals surface area contributed by atoms with Gasteiger partial charge in [0.25, 0.3) is 0 Å². The van der Waals surface area contributed by atoms with Crippen molar-refractivity contribution in [2.24, 2.45) is 0 Å². The highest BCUT2D eigenvalue weighted by molar-refractivity contribution is 7.99. The number of hydrogen-bond donors (Lipinski definition) is 1. The highest BCUT2D eigenvalue weighted by Crippen LogP contribution is 2.38. The molecule has 0 atom stereocenters. The molecule has 0 radical (unpaired) electrons. The molecule has 2 aromatic rings. The van der Waals surface area contributed by atoms with Gasteiger partial charge in [0.1, 0.15) is 0 Å². The van der Waals surface area contributed by atoms with Gasteiger partial charge in [-0.2, -0.15) is 0 Å². The van der Waals surface area contributed by atoms with Crippen molar-refractivity contribution in [2.45, 2.75) is 9.79 Å². The van der Waals surface area contributed by atoms with E-state index in [-0.39, 0.29) is 0 Å². The van der Waals surface area contributed by atoms with Crippen LogP contribution in [0.4, 0.5) is 0 Å². The summed E-state index contributed by atoms with van der Waals surface area (Å²) < 4.78 is 0. The SMILES string of the molecule is O=C(O)/C=C/c1ccc(Sc2ccc(Cl)cc2Cl)c(Cl)c1. The number of carboxylic acid groups (broad SMARTS) is 1. The molecule has 0 heterocycles. The normalized spacial score (nSPS) is 11.0. The predicted molar refractivity (Wildman–Crippen MR) is 88.7 cm³/mol. The summed E-state index contributed by atoms with van der Waals surface area (Å²) in [4.78, 5) is 12.2. The van der Waals surface area contributed by atoms with E-state index in [4.69, 9.17) is 39.9 Å². The minimum atomic E-state index is -1.00. The lowest BCUT2D eigenvalue weighted by molar-refractivity contribution is -0.131. The summed E-state index contributed by atoms with van der Waals surface area (Å²) in [5, 5.41) is 10.3. The van der Waals surface area contributed by atoms with E-state index in [1.807, 2.05) is 12.1 Å². The second-order valence-electron chi connectivity index (χ2n) is 4.04. The van der Waals surface area contributed by atoms with Crippen LogP contribution in [-0.2, 0) is 4.79 Å². The average Bonchev–Trinajstić information content (AvgIpc) is 2.42. The molecule has 1 N–H and O–H groups in total. The smallest absolute Gasteiger partial charge is 0.328 e. The van der Waals surface area contributed by atoms with E-state index in [1.54, 1.807) is 24.3 Å². The Hall–Kier alpha value is -1.13. The van der Waals surface area contributed by atoms with Gasteiger partial charge in [-0.05, 0) is 42.0 Å². The van der Waals surface area contributed by atoms with Crippen LogP contribution in [-0.4, -0.2) is 11.1 Å². The van der Waals surface area contributed by atoms with E-state index in [1.165, 1.54) is 17.8 Å². The number of hydrogen-bond acceptors (Lipinski definition) is 2. The summed E-state index contributed by atoms with van der Waals surface area (Å²) in [6, 6.07) is 10.6. The van der Waals surface area contributed by atoms with Crippen LogP contribution in [0.15, 0.2) is 52.3 Å². The minimum absolute atomic E-state index is 0.526. The summed E-state index contributed by atoms with van der Waals surface area (Å²) in [6.45, 7) is 0. The van der Waals surface area contributed by atoms with Crippen LogP contribution in [0, 0.1) is 0 Å². The number of benzene rings is 2. The van der Waals surface area contributed by atoms with Gasteiger partial charge in [0.05, 0.1) is 10.0 Å². The van der Waals surface area contributed by atoms with E-state index in [9.17, 15) is 4.79 Å². The Bertz CT molecular complexity index is 714. The molecule has 0 saturated carbocycles. The number of carboxylic acids is 1. The van der Waals surface area contributed by atoms with Gasteiger partial charge in [0.2, 0.25) is 0 Å². The molecule has 0 aliphatic carbocycles. The van der Waals surface area contributed by atoms with Crippen molar-refractivity contribution < 1.29 is 9.90 Å². The third-order valence-electron chi connectivity index (χ3n) is 2.49. The molecule has 0 spiro atoms. The first-order valence-corrected chi connectivity index (χ1v) is 7.74. The summed E-state index contributed by atoms with van der Waals surface area (Å²) in [6.07, 6.45) is 2.55. The number of rotatable bonds is 4. The Kier molecular flexibility index (Phi) is 5.59. The first-order valence-electron chi connectivity index (χ1n) is 5.79. The first kappa shape index (κ1) is 16.2. The zero-order valence-corrected chi connectivity index (χ0v) is 13.6. The zero-order valence-electron chi connectivity index (χ0n) is 10.5. The fraction of sp³-hybridized carbons (Fsp3) is 0. The molecule has 6 heteroatoms. The van der Waals surface area contributed by atoms with Crippen LogP contribution in [0.2, 0.25) is 15.1 Å². The fourth-order valence-electron chi connectivity index (χ4n) is 1.55. The third kappa shape index (κ3) is 4.68. The molecule has 2 aromatic carbocycles. The molecule has 2 rings (SSSR count). The van der Waals surface area contributed by atoms with Gasteiger partial charge in [0.15, 0.2) is 0 Å². The fourth-order valence-corrected chi connectivity index (χ4v) is 3.20.